The number of carbonyl (C=O) groups excluding carboxylic acids is 1. The summed E-state index contributed by atoms with van der Waals surface area (Å²) in [6.45, 7) is 0. The summed E-state index contributed by atoms with van der Waals surface area (Å²) in [5.41, 5.74) is 8.13. The highest BCUT2D eigenvalue weighted by Crippen LogP contribution is 2.47. The maximum absolute atomic E-state index is 13.2. The molecule has 3 aromatic rings. The first kappa shape index (κ1) is 17.1. The normalized spacial score (nSPS) is 19.7. The number of thiazole rings is 1. The Bertz CT molecular complexity index is 1050. The molecular formula is C19H12ClN3OS2. The third-order valence-corrected chi connectivity index (χ3v) is 6.76. The van der Waals surface area contributed by atoms with Crippen LogP contribution in [0, 0.1) is 11.3 Å². The highest BCUT2D eigenvalue weighted by atomic mass is 35.5. The molecule has 0 spiro atoms. The van der Waals surface area contributed by atoms with E-state index in [0.717, 1.165) is 15.8 Å². The van der Waals surface area contributed by atoms with Gasteiger partial charge in [0.1, 0.15) is 0 Å². The van der Waals surface area contributed by atoms with Crippen LogP contribution in [-0.4, -0.2) is 16.0 Å². The number of para-hydroxylation sites is 1. The monoisotopic (exact) mass is 397 g/mol. The van der Waals surface area contributed by atoms with Gasteiger partial charge in [-0.1, -0.05) is 47.6 Å². The number of ketones is 1. The summed E-state index contributed by atoms with van der Waals surface area (Å²) in [5, 5.41) is 10.5. The average Bonchev–Trinajstić information content (AvgIpc) is 3.22. The van der Waals surface area contributed by atoms with Gasteiger partial charge >= 0.3 is 0 Å². The van der Waals surface area contributed by atoms with E-state index in [1.54, 1.807) is 12.1 Å². The molecule has 1 aromatic heterocycles. The number of nitrogens with zero attached hydrogens (tertiary/aromatic N) is 2. The van der Waals surface area contributed by atoms with Crippen molar-refractivity contribution in [3.8, 4) is 6.07 Å². The number of fused-ring (bicyclic) bond motifs is 1. The number of benzene rings is 2. The summed E-state index contributed by atoms with van der Waals surface area (Å²) >= 11 is 8.58. The van der Waals surface area contributed by atoms with Crippen LogP contribution in [0.25, 0.3) is 10.2 Å². The van der Waals surface area contributed by atoms with Crippen molar-refractivity contribution in [2.75, 3.05) is 0 Å². The van der Waals surface area contributed by atoms with Gasteiger partial charge in [0, 0.05) is 10.9 Å². The van der Waals surface area contributed by atoms with E-state index in [4.69, 9.17) is 17.3 Å². The van der Waals surface area contributed by atoms with E-state index < -0.39 is 11.2 Å². The molecule has 26 heavy (non-hydrogen) atoms. The minimum Gasteiger partial charge on any atom is -0.393 e. The number of halogens is 1. The second-order valence-electron chi connectivity index (χ2n) is 5.81. The lowest BCUT2D eigenvalue weighted by Gasteiger charge is -2.18. The smallest absolute Gasteiger partial charge is 0.205 e. The molecule has 1 aliphatic rings. The van der Waals surface area contributed by atoms with E-state index in [1.807, 2.05) is 36.4 Å². The van der Waals surface area contributed by atoms with E-state index >= 15 is 0 Å². The number of carbonyl (C=O) groups is 1. The van der Waals surface area contributed by atoms with E-state index in [2.05, 4.69) is 11.1 Å². The zero-order valence-corrected chi connectivity index (χ0v) is 15.7. The number of nitrogens with two attached hydrogens (primary N) is 1. The van der Waals surface area contributed by atoms with Crippen molar-refractivity contribution in [1.82, 2.24) is 4.98 Å². The lowest BCUT2D eigenvalue weighted by Crippen LogP contribution is -2.23. The number of nitriles is 1. The molecule has 0 saturated heterocycles. The molecule has 4 rings (SSSR count). The molecule has 7 heteroatoms. The molecule has 0 amide bonds. The predicted octanol–water partition coefficient (Wildman–Crippen LogP) is 4.73. The van der Waals surface area contributed by atoms with Gasteiger partial charge in [-0.15, -0.1) is 11.3 Å². The van der Waals surface area contributed by atoms with E-state index in [1.165, 1.54) is 23.1 Å². The number of rotatable bonds is 3. The summed E-state index contributed by atoms with van der Waals surface area (Å²) in [6.07, 6.45) is 0. The van der Waals surface area contributed by atoms with Gasteiger partial charge in [0.05, 0.1) is 32.1 Å². The van der Waals surface area contributed by atoms with Crippen LogP contribution in [0.3, 0.4) is 0 Å². The largest absolute Gasteiger partial charge is 0.393 e. The SMILES string of the molecule is N#CC1=C(N)S[C@H](C(=O)c2nc3ccccc3s2)[C@H]1c1ccc(Cl)cc1. The lowest BCUT2D eigenvalue weighted by atomic mass is 9.87. The maximum atomic E-state index is 13.2. The molecule has 2 aromatic carbocycles. The molecule has 0 saturated carbocycles. The van der Waals surface area contributed by atoms with Crippen molar-refractivity contribution in [3.05, 3.63) is 74.7 Å². The summed E-state index contributed by atoms with van der Waals surface area (Å²) in [4.78, 5) is 17.7. The Labute approximate surface area is 163 Å². The fraction of sp³-hybridized carbons (Fsp3) is 0.105. The molecule has 4 nitrogen and oxygen atoms in total. The average molecular weight is 398 g/mol. The van der Waals surface area contributed by atoms with E-state index in [0.29, 0.717) is 20.6 Å². The number of Topliss-reactive ketones (excluding diaryl/α,β-unsaturated/α-hetero) is 1. The number of allylic oxidation sites excluding steroid dienone is 1. The van der Waals surface area contributed by atoms with Crippen molar-refractivity contribution in [1.29, 1.82) is 5.26 Å². The molecule has 2 atom stereocenters. The molecule has 0 unspecified atom stereocenters. The Hall–Kier alpha value is -2.33. The van der Waals surface area contributed by atoms with Crippen LogP contribution in [0.5, 0.6) is 0 Å². The number of hydrogen-bond donors (Lipinski definition) is 1. The zero-order chi connectivity index (χ0) is 18.3. The minimum absolute atomic E-state index is 0.107. The fourth-order valence-electron chi connectivity index (χ4n) is 3.01. The van der Waals surface area contributed by atoms with E-state index in [-0.39, 0.29) is 5.78 Å². The minimum atomic E-state index is -0.508. The quantitative estimate of drug-likeness (QED) is 0.646. The molecule has 0 radical (unpaired) electrons. The third kappa shape index (κ3) is 2.88. The highest BCUT2D eigenvalue weighted by Gasteiger charge is 2.41. The second kappa shape index (κ2) is 6.76. The van der Waals surface area contributed by atoms with Crippen LogP contribution in [-0.2, 0) is 0 Å². The van der Waals surface area contributed by atoms with Gasteiger partial charge in [-0.25, -0.2) is 4.98 Å². The van der Waals surface area contributed by atoms with E-state index in [9.17, 15) is 10.1 Å². The lowest BCUT2D eigenvalue weighted by molar-refractivity contribution is 0.0985. The van der Waals surface area contributed by atoms with Gasteiger partial charge in [-0.2, -0.15) is 5.26 Å². The molecular weight excluding hydrogens is 386 g/mol. The van der Waals surface area contributed by atoms with Crippen molar-refractivity contribution in [2.45, 2.75) is 11.2 Å². The van der Waals surface area contributed by atoms with Crippen molar-refractivity contribution in [3.63, 3.8) is 0 Å². The van der Waals surface area contributed by atoms with Gasteiger partial charge in [0.2, 0.25) is 5.78 Å². The first-order valence-corrected chi connectivity index (χ1v) is 9.87. The van der Waals surface area contributed by atoms with Crippen LogP contribution in [0.15, 0.2) is 59.1 Å². The Morgan fingerprint density at radius 3 is 2.62 bits per heavy atom. The number of thioether (sulfide) groups is 1. The maximum Gasteiger partial charge on any atom is 0.205 e. The van der Waals surface area contributed by atoms with Gasteiger partial charge in [0.25, 0.3) is 0 Å². The molecule has 1 aliphatic heterocycles. The predicted molar refractivity (Wildman–Crippen MR) is 106 cm³/mol. The first-order valence-electron chi connectivity index (χ1n) is 7.80. The third-order valence-electron chi connectivity index (χ3n) is 4.25. The second-order valence-corrected chi connectivity index (χ2v) is 8.46. The Morgan fingerprint density at radius 2 is 1.92 bits per heavy atom. The first-order chi connectivity index (χ1) is 12.6. The summed E-state index contributed by atoms with van der Waals surface area (Å²) in [5.74, 6) is -0.508. The molecule has 0 aliphatic carbocycles. The summed E-state index contributed by atoms with van der Waals surface area (Å²) in [6, 6.07) is 17.0. The molecule has 2 heterocycles. The van der Waals surface area contributed by atoms with Crippen LogP contribution in [0.2, 0.25) is 5.02 Å². The molecule has 0 fully saturated rings. The van der Waals surface area contributed by atoms with Crippen molar-refractivity contribution < 1.29 is 4.79 Å². The fourth-order valence-corrected chi connectivity index (χ4v) is 5.38. The Balaban J connectivity index is 1.75. The zero-order valence-electron chi connectivity index (χ0n) is 13.3. The van der Waals surface area contributed by atoms with Crippen LogP contribution < -0.4 is 5.73 Å². The Kier molecular flexibility index (Phi) is 4.45. The molecule has 128 valence electrons. The van der Waals surface area contributed by atoms with Crippen molar-refractivity contribution in [2.24, 2.45) is 5.73 Å². The van der Waals surface area contributed by atoms with Crippen LogP contribution in [0.4, 0.5) is 0 Å². The van der Waals surface area contributed by atoms with Gasteiger partial charge in [0.15, 0.2) is 5.01 Å². The van der Waals surface area contributed by atoms with Crippen molar-refractivity contribution >= 4 is 50.7 Å². The standard InChI is InChI=1S/C19H12ClN3OS2/c20-11-7-5-10(6-8-11)15-12(9-21)18(22)26-17(15)16(24)19-23-13-3-1-2-4-14(13)25-19/h1-8,15,17H,22H2/t15-,17-/m0/s1. The number of aromatic nitrogens is 1. The summed E-state index contributed by atoms with van der Waals surface area (Å²) < 4.78 is 0.961. The van der Waals surface area contributed by atoms with Crippen LogP contribution >= 0.6 is 34.7 Å². The topological polar surface area (TPSA) is 79.8 Å². The van der Waals surface area contributed by atoms with Crippen LogP contribution in [0.1, 0.15) is 21.3 Å². The molecule has 2 N–H and O–H groups in total. The van der Waals surface area contributed by atoms with Gasteiger partial charge in [-0.05, 0) is 29.8 Å². The number of hydrogen-bond acceptors (Lipinski definition) is 6. The molecule has 0 bridgehead atoms. The summed E-state index contributed by atoms with van der Waals surface area (Å²) in [7, 11) is 0. The van der Waals surface area contributed by atoms with Gasteiger partial charge in [-0.3, -0.25) is 4.79 Å². The highest BCUT2D eigenvalue weighted by molar-refractivity contribution is 8.04. The Morgan fingerprint density at radius 1 is 1.19 bits per heavy atom. The van der Waals surface area contributed by atoms with Gasteiger partial charge < -0.3 is 5.73 Å².